The van der Waals surface area contributed by atoms with Crippen LogP contribution >= 0.6 is 11.3 Å². The molecule has 5 heteroatoms. The van der Waals surface area contributed by atoms with Gasteiger partial charge in [0.05, 0.1) is 24.4 Å². The molecule has 1 amide bonds. The van der Waals surface area contributed by atoms with Crippen molar-refractivity contribution in [2.75, 3.05) is 0 Å². The maximum absolute atomic E-state index is 12.5. The minimum Gasteiger partial charge on any atom is -0.462 e. The first-order chi connectivity index (χ1) is 11.8. The number of rotatable bonds is 6. The first-order valence-electron chi connectivity index (χ1n) is 8.12. The standard InChI is InChI=1S/C19H18N2O2S/c22-17(11-15-12-24-19(20-15)16-7-4-10-23-16)21-18(14-8-9-14)13-5-2-1-3-6-13/h1-7,10,12,14,18H,8-9,11H2,(H,21,22)/t18-/m0/s1. The summed E-state index contributed by atoms with van der Waals surface area (Å²) < 4.78 is 5.35. The normalized spacial score (nSPS) is 15.2. The highest BCUT2D eigenvalue weighted by Gasteiger charge is 2.33. The van der Waals surface area contributed by atoms with E-state index in [-0.39, 0.29) is 11.9 Å². The third-order valence-corrected chi connectivity index (χ3v) is 5.10. The Morgan fingerprint density at radius 2 is 2.08 bits per heavy atom. The van der Waals surface area contributed by atoms with Crippen molar-refractivity contribution in [1.29, 1.82) is 0 Å². The van der Waals surface area contributed by atoms with E-state index in [1.807, 2.05) is 35.7 Å². The first-order valence-corrected chi connectivity index (χ1v) is 9.00. The molecule has 1 atom stereocenters. The summed E-state index contributed by atoms with van der Waals surface area (Å²) >= 11 is 1.50. The van der Waals surface area contributed by atoms with Gasteiger partial charge in [-0.2, -0.15) is 0 Å². The van der Waals surface area contributed by atoms with Crippen LogP contribution in [0.25, 0.3) is 10.8 Å². The maximum atomic E-state index is 12.5. The van der Waals surface area contributed by atoms with E-state index in [1.54, 1.807) is 6.26 Å². The Morgan fingerprint density at radius 1 is 1.25 bits per heavy atom. The second kappa shape index (κ2) is 6.61. The number of thiazole rings is 1. The molecule has 4 rings (SSSR count). The topological polar surface area (TPSA) is 55.1 Å². The van der Waals surface area contributed by atoms with Crippen molar-refractivity contribution in [3.8, 4) is 10.8 Å². The van der Waals surface area contributed by atoms with Gasteiger partial charge in [0.2, 0.25) is 5.91 Å². The zero-order valence-corrected chi connectivity index (χ0v) is 14.0. The number of hydrogen-bond acceptors (Lipinski definition) is 4. The van der Waals surface area contributed by atoms with Crippen molar-refractivity contribution < 1.29 is 9.21 Å². The highest BCUT2D eigenvalue weighted by molar-refractivity contribution is 7.13. The van der Waals surface area contributed by atoms with E-state index in [0.717, 1.165) is 16.5 Å². The van der Waals surface area contributed by atoms with Crippen LogP contribution in [-0.2, 0) is 11.2 Å². The molecule has 0 spiro atoms. The second-order valence-electron chi connectivity index (χ2n) is 6.09. The van der Waals surface area contributed by atoms with Crippen LogP contribution < -0.4 is 5.32 Å². The van der Waals surface area contributed by atoms with Gasteiger partial charge in [0.1, 0.15) is 0 Å². The summed E-state index contributed by atoms with van der Waals surface area (Å²) in [5.41, 5.74) is 1.97. The Labute approximate surface area is 144 Å². The summed E-state index contributed by atoms with van der Waals surface area (Å²) in [5, 5.41) is 5.92. The summed E-state index contributed by atoms with van der Waals surface area (Å²) in [5.74, 6) is 1.32. The van der Waals surface area contributed by atoms with Crippen LogP contribution in [0, 0.1) is 5.92 Å². The highest BCUT2D eigenvalue weighted by atomic mass is 32.1. The van der Waals surface area contributed by atoms with Crippen molar-refractivity contribution in [2.45, 2.75) is 25.3 Å². The van der Waals surface area contributed by atoms with Crippen LogP contribution in [0.4, 0.5) is 0 Å². The quantitative estimate of drug-likeness (QED) is 0.732. The van der Waals surface area contributed by atoms with E-state index in [4.69, 9.17) is 4.42 Å². The fraction of sp³-hybridized carbons (Fsp3) is 0.263. The number of nitrogens with one attached hydrogen (secondary N) is 1. The zero-order chi connectivity index (χ0) is 16.4. The van der Waals surface area contributed by atoms with Gasteiger partial charge in [0.15, 0.2) is 10.8 Å². The Kier molecular flexibility index (Phi) is 4.17. The smallest absolute Gasteiger partial charge is 0.226 e. The monoisotopic (exact) mass is 338 g/mol. The van der Waals surface area contributed by atoms with E-state index >= 15 is 0 Å². The van der Waals surface area contributed by atoms with Gasteiger partial charge in [-0.15, -0.1) is 11.3 Å². The third-order valence-electron chi connectivity index (χ3n) is 4.19. The number of nitrogens with zero attached hydrogens (tertiary/aromatic N) is 1. The summed E-state index contributed by atoms with van der Waals surface area (Å²) in [6.45, 7) is 0. The minimum absolute atomic E-state index is 0.0204. The van der Waals surface area contributed by atoms with Gasteiger partial charge in [0, 0.05) is 5.38 Å². The number of furan rings is 1. The molecule has 1 N–H and O–H groups in total. The predicted octanol–water partition coefficient (Wildman–Crippen LogP) is 4.21. The van der Waals surface area contributed by atoms with Crippen molar-refractivity contribution in [2.24, 2.45) is 5.92 Å². The molecule has 0 unspecified atom stereocenters. The molecule has 2 heterocycles. The van der Waals surface area contributed by atoms with E-state index in [1.165, 1.54) is 29.7 Å². The number of carbonyl (C=O) groups excluding carboxylic acids is 1. The molecule has 0 bridgehead atoms. The molecule has 1 saturated carbocycles. The lowest BCUT2D eigenvalue weighted by molar-refractivity contribution is -0.121. The maximum Gasteiger partial charge on any atom is 0.226 e. The van der Waals surface area contributed by atoms with Crippen LogP contribution in [0.1, 0.15) is 30.1 Å². The second-order valence-corrected chi connectivity index (χ2v) is 6.95. The molecule has 122 valence electrons. The van der Waals surface area contributed by atoms with Crippen molar-refractivity contribution >= 4 is 17.2 Å². The fourth-order valence-corrected chi connectivity index (χ4v) is 3.64. The van der Waals surface area contributed by atoms with E-state index in [9.17, 15) is 4.79 Å². The number of carbonyl (C=O) groups is 1. The number of aromatic nitrogens is 1. The van der Waals surface area contributed by atoms with Gasteiger partial charge in [-0.3, -0.25) is 4.79 Å². The van der Waals surface area contributed by atoms with E-state index < -0.39 is 0 Å². The van der Waals surface area contributed by atoms with Crippen LogP contribution in [0.2, 0.25) is 0 Å². The van der Waals surface area contributed by atoms with Gasteiger partial charge in [-0.1, -0.05) is 30.3 Å². The van der Waals surface area contributed by atoms with Crippen LogP contribution in [0.3, 0.4) is 0 Å². The highest BCUT2D eigenvalue weighted by Crippen LogP contribution is 2.41. The van der Waals surface area contributed by atoms with Crippen LogP contribution in [-0.4, -0.2) is 10.9 Å². The lowest BCUT2D eigenvalue weighted by Crippen LogP contribution is -2.31. The molecule has 1 aromatic carbocycles. The minimum atomic E-state index is 0.0204. The summed E-state index contributed by atoms with van der Waals surface area (Å²) in [7, 11) is 0. The number of amides is 1. The van der Waals surface area contributed by atoms with E-state index in [2.05, 4.69) is 22.4 Å². The van der Waals surface area contributed by atoms with Crippen molar-refractivity contribution in [3.05, 3.63) is 65.4 Å². The average molecular weight is 338 g/mol. The van der Waals surface area contributed by atoms with Gasteiger partial charge < -0.3 is 9.73 Å². The van der Waals surface area contributed by atoms with Crippen LogP contribution in [0.5, 0.6) is 0 Å². The molecule has 1 aliphatic rings. The first kappa shape index (κ1) is 15.1. The lowest BCUT2D eigenvalue weighted by atomic mass is 10.0. The molecule has 4 nitrogen and oxygen atoms in total. The number of hydrogen-bond donors (Lipinski definition) is 1. The molecule has 0 saturated heterocycles. The summed E-state index contributed by atoms with van der Waals surface area (Å²) in [6, 6.07) is 14.0. The molecule has 0 aliphatic heterocycles. The Hall–Kier alpha value is -2.40. The molecule has 1 aliphatic carbocycles. The van der Waals surface area contributed by atoms with Crippen LogP contribution in [0.15, 0.2) is 58.5 Å². The number of benzene rings is 1. The molecule has 1 fully saturated rings. The predicted molar refractivity (Wildman–Crippen MR) is 93.6 cm³/mol. The van der Waals surface area contributed by atoms with Gasteiger partial charge in [0.25, 0.3) is 0 Å². The molecule has 24 heavy (non-hydrogen) atoms. The SMILES string of the molecule is O=C(Cc1csc(-c2ccco2)n1)N[C@@H](c1ccccc1)C1CC1. The van der Waals surface area contributed by atoms with Gasteiger partial charge in [-0.25, -0.2) is 4.98 Å². The Balaban J connectivity index is 1.42. The van der Waals surface area contributed by atoms with Crippen molar-refractivity contribution in [1.82, 2.24) is 10.3 Å². The molecule has 3 aromatic rings. The lowest BCUT2D eigenvalue weighted by Gasteiger charge is -2.18. The Morgan fingerprint density at radius 3 is 2.79 bits per heavy atom. The third kappa shape index (κ3) is 3.41. The zero-order valence-electron chi connectivity index (χ0n) is 13.1. The molecule has 2 aromatic heterocycles. The summed E-state index contributed by atoms with van der Waals surface area (Å²) in [4.78, 5) is 17.0. The molecular weight excluding hydrogens is 320 g/mol. The fourth-order valence-electron chi connectivity index (χ4n) is 2.85. The van der Waals surface area contributed by atoms with Gasteiger partial charge in [-0.05, 0) is 36.5 Å². The Bertz CT molecular complexity index is 807. The van der Waals surface area contributed by atoms with E-state index in [0.29, 0.717) is 12.3 Å². The molecule has 0 radical (unpaired) electrons. The van der Waals surface area contributed by atoms with Gasteiger partial charge >= 0.3 is 0 Å². The molecular formula is C19H18N2O2S. The largest absolute Gasteiger partial charge is 0.462 e. The summed E-state index contributed by atoms with van der Waals surface area (Å²) in [6.07, 6.45) is 4.29. The van der Waals surface area contributed by atoms with Crippen molar-refractivity contribution in [3.63, 3.8) is 0 Å². The average Bonchev–Trinajstić information content (AvgIpc) is 3.09.